The Morgan fingerprint density at radius 2 is 1.86 bits per heavy atom. The van der Waals surface area contributed by atoms with Crippen molar-refractivity contribution in [2.75, 3.05) is 19.7 Å². The van der Waals surface area contributed by atoms with E-state index in [0.29, 0.717) is 24.4 Å². The zero-order valence-corrected chi connectivity index (χ0v) is 12.7. The van der Waals surface area contributed by atoms with Crippen molar-refractivity contribution in [3.8, 4) is 5.75 Å². The van der Waals surface area contributed by atoms with E-state index in [0.717, 1.165) is 0 Å². The molecule has 1 aliphatic rings. The van der Waals surface area contributed by atoms with Gasteiger partial charge in [-0.2, -0.15) is 0 Å². The van der Waals surface area contributed by atoms with Crippen molar-refractivity contribution in [1.29, 1.82) is 0 Å². The van der Waals surface area contributed by atoms with Crippen molar-refractivity contribution in [2.45, 2.75) is 33.0 Å². The molecule has 1 saturated heterocycles. The van der Waals surface area contributed by atoms with Gasteiger partial charge in [-0.25, -0.2) is 0 Å². The van der Waals surface area contributed by atoms with Gasteiger partial charge in [-0.3, -0.25) is 9.59 Å². The lowest BCUT2D eigenvalue weighted by atomic mass is 10.1. The predicted molar refractivity (Wildman–Crippen MR) is 78.5 cm³/mol. The molecule has 5 nitrogen and oxygen atoms in total. The van der Waals surface area contributed by atoms with Crippen LogP contribution < -0.4 is 4.74 Å². The summed E-state index contributed by atoms with van der Waals surface area (Å²) in [5.74, 6) is 0.287. The van der Waals surface area contributed by atoms with Gasteiger partial charge in [-0.15, -0.1) is 0 Å². The highest BCUT2D eigenvalue weighted by molar-refractivity contribution is 5.96. The number of ether oxygens (including phenoxy) is 2. The quantitative estimate of drug-likeness (QED) is 0.795. The lowest BCUT2D eigenvalue weighted by Gasteiger charge is -2.35. The molecule has 0 saturated carbocycles. The van der Waals surface area contributed by atoms with Gasteiger partial charge in [-0.05, 0) is 32.9 Å². The minimum atomic E-state index is -0.0876. The van der Waals surface area contributed by atoms with E-state index in [9.17, 15) is 9.59 Å². The third-order valence-electron chi connectivity index (χ3n) is 3.39. The molecule has 1 heterocycles. The van der Waals surface area contributed by atoms with Gasteiger partial charge in [0.05, 0.1) is 17.8 Å². The van der Waals surface area contributed by atoms with Gasteiger partial charge in [0, 0.05) is 13.1 Å². The van der Waals surface area contributed by atoms with E-state index < -0.39 is 0 Å². The summed E-state index contributed by atoms with van der Waals surface area (Å²) in [4.78, 5) is 25.5. The van der Waals surface area contributed by atoms with Crippen LogP contribution in [0.4, 0.5) is 0 Å². The first-order chi connectivity index (χ1) is 9.97. The van der Waals surface area contributed by atoms with Crippen LogP contribution in [0.3, 0.4) is 0 Å². The summed E-state index contributed by atoms with van der Waals surface area (Å²) >= 11 is 0. The minimum Gasteiger partial charge on any atom is -0.483 e. The SMILES string of the molecule is CC(=O)c1ccccc1OCC(=O)N1CC(C)OC(C)C1. The summed E-state index contributed by atoms with van der Waals surface area (Å²) in [6.45, 7) is 6.45. The van der Waals surface area contributed by atoms with Crippen molar-refractivity contribution in [3.05, 3.63) is 29.8 Å². The Morgan fingerprint density at radius 1 is 1.24 bits per heavy atom. The van der Waals surface area contributed by atoms with Crippen molar-refractivity contribution in [3.63, 3.8) is 0 Å². The fourth-order valence-corrected chi connectivity index (χ4v) is 2.50. The van der Waals surface area contributed by atoms with Gasteiger partial charge in [0.2, 0.25) is 0 Å². The molecule has 0 bridgehead atoms. The number of rotatable bonds is 4. The van der Waals surface area contributed by atoms with Crippen LogP contribution in [-0.4, -0.2) is 48.5 Å². The second-order valence-corrected chi connectivity index (χ2v) is 5.40. The lowest BCUT2D eigenvalue weighted by molar-refractivity contribution is -0.145. The molecule has 0 radical (unpaired) electrons. The smallest absolute Gasteiger partial charge is 0.260 e. The topological polar surface area (TPSA) is 55.8 Å². The number of carbonyl (C=O) groups is 2. The summed E-state index contributed by atoms with van der Waals surface area (Å²) in [6.07, 6.45) is 0.0596. The van der Waals surface area contributed by atoms with Gasteiger partial charge < -0.3 is 14.4 Å². The molecular formula is C16H21NO4. The number of Topliss-reactive ketones (excluding diaryl/α,β-unsaturated/α-hetero) is 1. The number of morpholine rings is 1. The number of hydrogen-bond acceptors (Lipinski definition) is 4. The molecule has 2 unspecified atom stereocenters. The van der Waals surface area contributed by atoms with E-state index >= 15 is 0 Å². The largest absolute Gasteiger partial charge is 0.483 e. The van der Waals surface area contributed by atoms with Gasteiger partial charge in [-0.1, -0.05) is 12.1 Å². The minimum absolute atomic E-state index is 0.0298. The maximum atomic E-state index is 12.2. The van der Waals surface area contributed by atoms with E-state index in [1.807, 2.05) is 13.8 Å². The summed E-state index contributed by atoms with van der Waals surface area (Å²) in [6, 6.07) is 6.96. The van der Waals surface area contributed by atoms with Crippen LogP contribution in [0.15, 0.2) is 24.3 Å². The molecule has 5 heteroatoms. The van der Waals surface area contributed by atoms with Crippen LogP contribution in [0.1, 0.15) is 31.1 Å². The Labute approximate surface area is 124 Å². The normalized spacial score (nSPS) is 22.0. The van der Waals surface area contributed by atoms with Crippen LogP contribution in [0, 0.1) is 0 Å². The molecule has 2 atom stereocenters. The van der Waals surface area contributed by atoms with E-state index in [2.05, 4.69) is 0 Å². The van der Waals surface area contributed by atoms with Crippen LogP contribution >= 0.6 is 0 Å². The molecule has 0 aromatic heterocycles. The van der Waals surface area contributed by atoms with Crippen molar-refractivity contribution < 1.29 is 19.1 Å². The highest BCUT2D eigenvalue weighted by Gasteiger charge is 2.26. The molecule has 1 aromatic carbocycles. The Bertz CT molecular complexity index is 519. The van der Waals surface area contributed by atoms with Crippen LogP contribution in [0.2, 0.25) is 0 Å². The first kappa shape index (κ1) is 15.5. The number of benzene rings is 1. The second kappa shape index (κ2) is 6.72. The van der Waals surface area contributed by atoms with Crippen molar-refractivity contribution >= 4 is 11.7 Å². The summed E-state index contributed by atoms with van der Waals surface area (Å²) in [5.41, 5.74) is 0.494. The van der Waals surface area contributed by atoms with Gasteiger partial charge in [0.15, 0.2) is 12.4 Å². The average molecular weight is 291 g/mol. The molecule has 21 heavy (non-hydrogen) atoms. The van der Waals surface area contributed by atoms with E-state index in [1.165, 1.54) is 6.92 Å². The molecule has 1 aliphatic heterocycles. The number of carbonyl (C=O) groups excluding carboxylic acids is 2. The van der Waals surface area contributed by atoms with E-state index in [4.69, 9.17) is 9.47 Å². The van der Waals surface area contributed by atoms with Crippen LogP contribution in [0.25, 0.3) is 0 Å². The Hall–Kier alpha value is -1.88. The highest BCUT2D eigenvalue weighted by Crippen LogP contribution is 2.19. The second-order valence-electron chi connectivity index (χ2n) is 5.40. The molecule has 0 aliphatic carbocycles. The molecule has 114 valence electrons. The molecule has 2 rings (SSSR count). The first-order valence-electron chi connectivity index (χ1n) is 7.13. The maximum absolute atomic E-state index is 12.2. The average Bonchev–Trinajstić information content (AvgIpc) is 2.43. The molecule has 1 fully saturated rings. The Morgan fingerprint density at radius 3 is 2.48 bits per heavy atom. The number of amides is 1. The Balaban J connectivity index is 1.97. The van der Waals surface area contributed by atoms with Crippen molar-refractivity contribution in [1.82, 2.24) is 4.90 Å². The van der Waals surface area contributed by atoms with Gasteiger partial charge >= 0.3 is 0 Å². The Kier molecular flexibility index (Phi) is 4.96. The monoisotopic (exact) mass is 291 g/mol. The lowest BCUT2D eigenvalue weighted by Crippen LogP contribution is -2.49. The predicted octanol–water partition coefficient (Wildman–Crippen LogP) is 1.90. The molecule has 1 aromatic rings. The van der Waals surface area contributed by atoms with Crippen molar-refractivity contribution in [2.24, 2.45) is 0 Å². The number of para-hydroxylation sites is 1. The standard InChI is InChI=1S/C16H21NO4/c1-11-8-17(9-12(2)21-11)16(19)10-20-15-7-5-4-6-14(15)13(3)18/h4-7,11-12H,8-10H2,1-3H3. The first-order valence-corrected chi connectivity index (χ1v) is 7.13. The van der Waals surface area contributed by atoms with Gasteiger partial charge in [0.25, 0.3) is 5.91 Å². The van der Waals surface area contributed by atoms with Crippen LogP contribution in [-0.2, 0) is 9.53 Å². The fraction of sp³-hybridized carbons (Fsp3) is 0.500. The fourth-order valence-electron chi connectivity index (χ4n) is 2.50. The molecule has 1 amide bonds. The zero-order valence-electron chi connectivity index (χ0n) is 12.7. The molecular weight excluding hydrogens is 270 g/mol. The van der Waals surface area contributed by atoms with Crippen LogP contribution in [0.5, 0.6) is 5.75 Å². The molecule has 0 N–H and O–H groups in total. The molecule has 0 spiro atoms. The highest BCUT2D eigenvalue weighted by atomic mass is 16.5. The third-order valence-corrected chi connectivity index (χ3v) is 3.39. The third kappa shape index (κ3) is 4.04. The zero-order chi connectivity index (χ0) is 15.4. The maximum Gasteiger partial charge on any atom is 0.260 e. The van der Waals surface area contributed by atoms with E-state index in [-0.39, 0.29) is 30.5 Å². The van der Waals surface area contributed by atoms with Gasteiger partial charge in [0.1, 0.15) is 5.75 Å². The summed E-state index contributed by atoms with van der Waals surface area (Å²) < 4.78 is 11.1. The van der Waals surface area contributed by atoms with E-state index in [1.54, 1.807) is 29.2 Å². The summed E-state index contributed by atoms with van der Waals surface area (Å²) in [5, 5.41) is 0. The number of hydrogen-bond donors (Lipinski definition) is 0. The number of ketones is 1. The number of nitrogens with zero attached hydrogens (tertiary/aromatic N) is 1. The summed E-state index contributed by atoms with van der Waals surface area (Å²) in [7, 11) is 0.